The maximum atomic E-state index is 13.2. The molecule has 5 rings (SSSR count). The minimum absolute atomic E-state index is 0.00281. The molecule has 2 amide bonds. The van der Waals surface area contributed by atoms with Gasteiger partial charge in [-0.05, 0) is 43.4 Å². The van der Waals surface area contributed by atoms with Gasteiger partial charge in [0.2, 0.25) is 11.8 Å². The molecular formula is C27H42N4O5S. The molecule has 1 aromatic rings. The van der Waals surface area contributed by atoms with Crippen LogP contribution in [0, 0.1) is 22.7 Å². The summed E-state index contributed by atoms with van der Waals surface area (Å²) in [5.41, 5.74) is -0.0448. The highest BCUT2D eigenvalue weighted by Gasteiger charge is 2.59. The number of hydrogen-bond donors (Lipinski definition) is 4. The zero-order valence-electron chi connectivity index (χ0n) is 22.1. The van der Waals surface area contributed by atoms with E-state index < -0.39 is 11.5 Å². The van der Waals surface area contributed by atoms with Gasteiger partial charge in [-0.25, -0.2) is 4.98 Å². The third-order valence-corrected chi connectivity index (χ3v) is 10.9. The number of aliphatic hydroxyl groups is 2. The summed E-state index contributed by atoms with van der Waals surface area (Å²) in [6, 6.07) is 0. The molecule has 0 aromatic carbocycles. The van der Waals surface area contributed by atoms with Crippen LogP contribution in [0.2, 0.25) is 0 Å². The molecule has 9 nitrogen and oxygen atoms in total. The SMILES string of the molecule is CC1(CO)C(O)CCC2(C)C(CC(=O)NCCN3CCOCC3)c3nc(NC(=O)C4CCC4)sc3CC12. The lowest BCUT2D eigenvalue weighted by Gasteiger charge is -2.58. The van der Waals surface area contributed by atoms with Crippen LogP contribution in [-0.4, -0.2) is 84.0 Å². The number of amides is 2. The molecule has 1 aliphatic heterocycles. The summed E-state index contributed by atoms with van der Waals surface area (Å²) in [5.74, 6) is -0.0384. The number of rotatable bonds is 8. The maximum absolute atomic E-state index is 13.2. The molecule has 37 heavy (non-hydrogen) atoms. The zero-order valence-corrected chi connectivity index (χ0v) is 22.9. The second kappa shape index (κ2) is 10.9. The van der Waals surface area contributed by atoms with Crippen molar-refractivity contribution < 1.29 is 24.5 Å². The number of aromatic nitrogens is 1. The molecule has 10 heteroatoms. The van der Waals surface area contributed by atoms with Crippen molar-refractivity contribution in [2.24, 2.45) is 22.7 Å². The fourth-order valence-corrected chi connectivity index (χ4v) is 8.08. The largest absolute Gasteiger partial charge is 0.396 e. The van der Waals surface area contributed by atoms with Gasteiger partial charge in [0.05, 0.1) is 31.6 Å². The van der Waals surface area contributed by atoms with Crippen molar-refractivity contribution in [3.8, 4) is 0 Å². The van der Waals surface area contributed by atoms with Gasteiger partial charge in [0.25, 0.3) is 0 Å². The number of nitrogens with zero attached hydrogens (tertiary/aromatic N) is 2. The van der Waals surface area contributed by atoms with Crippen LogP contribution in [0.3, 0.4) is 0 Å². The quantitative estimate of drug-likeness (QED) is 0.403. The lowest BCUT2D eigenvalue weighted by molar-refractivity contribution is -0.144. The summed E-state index contributed by atoms with van der Waals surface area (Å²) in [4.78, 5) is 34.2. The van der Waals surface area contributed by atoms with Crippen LogP contribution >= 0.6 is 11.3 Å². The Kier molecular flexibility index (Phi) is 7.94. The number of aliphatic hydroxyl groups excluding tert-OH is 2. The minimum Gasteiger partial charge on any atom is -0.396 e. The molecular weight excluding hydrogens is 492 g/mol. The third kappa shape index (κ3) is 5.20. The van der Waals surface area contributed by atoms with E-state index in [1.54, 1.807) is 0 Å². The van der Waals surface area contributed by atoms with E-state index in [2.05, 4.69) is 22.5 Å². The summed E-state index contributed by atoms with van der Waals surface area (Å²) < 4.78 is 5.41. The van der Waals surface area contributed by atoms with Gasteiger partial charge in [-0.15, -0.1) is 11.3 Å². The van der Waals surface area contributed by atoms with Gasteiger partial charge >= 0.3 is 0 Å². The molecule has 2 heterocycles. The molecule has 4 aliphatic rings. The Labute approximate surface area is 223 Å². The third-order valence-electron chi connectivity index (χ3n) is 9.84. The number of morpholine rings is 1. The molecule has 1 saturated heterocycles. The van der Waals surface area contributed by atoms with Gasteiger partial charge in [0, 0.05) is 54.7 Å². The number of thiazole rings is 1. The number of fused-ring (bicyclic) bond motifs is 2. The summed E-state index contributed by atoms with van der Waals surface area (Å²) >= 11 is 1.49. The normalized spacial score (nSPS) is 34.2. The molecule has 1 aromatic heterocycles. The maximum Gasteiger partial charge on any atom is 0.229 e. The van der Waals surface area contributed by atoms with Crippen molar-refractivity contribution in [2.45, 2.75) is 70.8 Å². The molecule has 206 valence electrons. The van der Waals surface area contributed by atoms with Gasteiger partial charge in [0.15, 0.2) is 5.13 Å². The summed E-state index contributed by atoms with van der Waals surface area (Å²) in [5, 5.41) is 28.1. The Hall–Kier alpha value is -1.59. The van der Waals surface area contributed by atoms with Crippen molar-refractivity contribution >= 4 is 28.3 Å². The van der Waals surface area contributed by atoms with Crippen molar-refractivity contribution in [1.29, 1.82) is 0 Å². The molecule has 0 spiro atoms. The zero-order chi connectivity index (χ0) is 26.2. The molecule has 3 aliphatic carbocycles. The predicted octanol–water partition coefficient (Wildman–Crippen LogP) is 2.14. The highest BCUT2D eigenvalue weighted by atomic mass is 32.1. The lowest BCUT2D eigenvalue weighted by Crippen LogP contribution is -2.57. The Morgan fingerprint density at radius 3 is 2.65 bits per heavy atom. The first kappa shape index (κ1) is 27.0. The topological polar surface area (TPSA) is 124 Å². The van der Waals surface area contributed by atoms with E-state index in [9.17, 15) is 19.8 Å². The van der Waals surface area contributed by atoms with Crippen LogP contribution in [0.1, 0.15) is 68.9 Å². The van der Waals surface area contributed by atoms with Crippen LogP contribution in [0.15, 0.2) is 0 Å². The van der Waals surface area contributed by atoms with E-state index in [-0.39, 0.29) is 41.6 Å². The van der Waals surface area contributed by atoms with E-state index in [1.807, 2.05) is 6.92 Å². The fourth-order valence-electron chi connectivity index (χ4n) is 7.01. The Bertz CT molecular complexity index is 993. The van der Waals surface area contributed by atoms with Crippen molar-refractivity contribution in [3.05, 3.63) is 10.6 Å². The molecule has 4 N–H and O–H groups in total. The second-order valence-electron chi connectivity index (χ2n) is 12.0. The monoisotopic (exact) mass is 534 g/mol. The van der Waals surface area contributed by atoms with E-state index in [0.29, 0.717) is 30.9 Å². The van der Waals surface area contributed by atoms with E-state index in [0.717, 1.165) is 69.1 Å². The molecule has 0 bridgehead atoms. The Morgan fingerprint density at radius 1 is 1.22 bits per heavy atom. The van der Waals surface area contributed by atoms with Gasteiger partial charge in [0.1, 0.15) is 0 Å². The van der Waals surface area contributed by atoms with Gasteiger partial charge in [-0.3, -0.25) is 14.5 Å². The highest BCUT2D eigenvalue weighted by molar-refractivity contribution is 7.15. The first-order valence-electron chi connectivity index (χ1n) is 13.9. The van der Waals surface area contributed by atoms with E-state index in [4.69, 9.17) is 9.72 Å². The first-order chi connectivity index (χ1) is 17.7. The summed E-state index contributed by atoms with van der Waals surface area (Å²) in [7, 11) is 0. The smallest absolute Gasteiger partial charge is 0.229 e. The lowest BCUT2D eigenvalue weighted by atomic mass is 9.47. The molecule has 0 radical (unpaired) electrons. The van der Waals surface area contributed by atoms with Gasteiger partial charge in [-0.1, -0.05) is 20.3 Å². The highest BCUT2D eigenvalue weighted by Crippen LogP contribution is 2.62. The van der Waals surface area contributed by atoms with Gasteiger partial charge < -0.3 is 25.6 Å². The molecule has 2 saturated carbocycles. The minimum atomic E-state index is -0.658. The Balaban J connectivity index is 1.36. The van der Waals surface area contributed by atoms with E-state index in [1.165, 1.54) is 11.3 Å². The number of carbonyl (C=O) groups is 2. The number of ether oxygens (including phenoxy) is 1. The second-order valence-corrected chi connectivity index (χ2v) is 13.1. The van der Waals surface area contributed by atoms with Crippen LogP contribution < -0.4 is 10.6 Å². The van der Waals surface area contributed by atoms with Crippen LogP contribution in [0.25, 0.3) is 0 Å². The van der Waals surface area contributed by atoms with Crippen molar-refractivity contribution in [1.82, 2.24) is 15.2 Å². The van der Waals surface area contributed by atoms with Crippen molar-refractivity contribution in [3.63, 3.8) is 0 Å². The standard InChI is InChI=1S/C27H42N4O5S/c1-26-7-6-21(33)27(2,16-32)20(26)15-19-23(29-25(37-19)30-24(35)17-4-3-5-17)18(26)14-22(34)28-8-9-31-10-12-36-13-11-31/h17-18,20-21,32-33H,3-16H2,1-2H3,(H,28,34)(H,29,30,35). The van der Waals surface area contributed by atoms with Crippen LogP contribution in [0.4, 0.5) is 5.13 Å². The van der Waals surface area contributed by atoms with Gasteiger partial charge in [-0.2, -0.15) is 0 Å². The predicted molar refractivity (Wildman–Crippen MR) is 141 cm³/mol. The average Bonchev–Trinajstić information content (AvgIpc) is 3.24. The number of carbonyl (C=O) groups excluding carboxylic acids is 2. The number of nitrogens with one attached hydrogen (secondary N) is 2. The molecule has 5 unspecified atom stereocenters. The van der Waals surface area contributed by atoms with Crippen LogP contribution in [-0.2, 0) is 20.7 Å². The first-order valence-corrected chi connectivity index (χ1v) is 14.7. The summed E-state index contributed by atoms with van der Waals surface area (Å²) in [6.45, 7) is 8.71. The average molecular weight is 535 g/mol. The summed E-state index contributed by atoms with van der Waals surface area (Å²) in [6.07, 6.45) is 4.70. The van der Waals surface area contributed by atoms with Crippen LogP contribution in [0.5, 0.6) is 0 Å². The number of hydrogen-bond acceptors (Lipinski definition) is 8. The van der Waals surface area contributed by atoms with Crippen molar-refractivity contribution in [2.75, 3.05) is 51.3 Å². The van der Waals surface area contributed by atoms with E-state index >= 15 is 0 Å². The molecule has 3 fully saturated rings. The fraction of sp³-hybridized carbons (Fsp3) is 0.815. The molecule has 5 atom stereocenters. The number of anilines is 1. The Morgan fingerprint density at radius 2 is 1.97 bits per heavy atom.